The summed E-state index contributed by atoms with van der Waals surface area (Å²) in [5.74, 6) is 0.717. The Morgan fingerprint density at radius 2 is 2.11 bits per heavy atom. The number of aromatic nitrogens is 3. The van der Waals surface area contributed by atoms with Crippen LogP contribution in [0.5, 0.6) is 0 Å². The van der Waals surface area contributed by atoms with Crippen molar-refractivity contribution in [3.05, 3.63) is 34.4 Å². The van der Waals surface area contributed by atoms with Crippen molar-refractivity contribution >= 4 is 39.7 Å². The van der Waals surface area contributed by atoms with Gasteiger partial charge in [0.2, 0.25) is 5.82 Å². The molecule has 19 heavy (non-hydrogen) atoms. The van der Waals surface area contributed by atoms with E-state index in [1.807, 2.05) is 0 Å². The van der Waals surface area contributed by atoms with Crippen molar-refractivity contribution in [2.24, 2.45) is 0 Å². The highest BCUT2D eigenvalue weighted by Gasteiger charge is 2.15. The fraction of sp³-hybridized carbons (Fsp3) is 0. The van der Waals surface area contributed by atoms with Gasteiger partial charge in [0.15, 0.2) is 5.13 Å². The monoisotopic (exact) mass is 312 g/mol. The number of nitrogen functional groups attached to an aromatic ring is 1. The molecule has 5 nitrogen and oxygen atoms in total. The molecule has 0 atom stereocenters. The third-order valence-electron chi connectivity index (χ3n) is 2.33. The van der Waals surface area contributed by atoms with Crippen molar-refractivity contribution in [1.82, 2.24) is 15.1 Å². The fourth-order valence-corrected chi connectivity index (χ4v) is 2.47. The van der Waals surface area contributed by atoms with Crippen molar-refractivity contribution in [3.8, 4) is 22.2 Å². The van der Waals surface area contributed by atoms with Crippen LogP contribution in [0.4, 0.5) is 5.13 Å². The first kappa shape index (κ1) is 12.4. The van der Waals surface area contributed by atoms with E-state index in [9.17, 15) is 0 Å². The van der Waals surface area contributed by atoms with E-state index in [0.717, 1.165) is 0 Å². The Morgan fingerprint density at radius 1 is 1.26 bits per heavy atom. The lowest BCUT2D eigenvalue weighted by Gasteiger charge is -1.98. The Labute approximate surface area is 122 Å². The minimum Gasteiger partial charge on any atom is -0.375 e. The Kier molecular flexibility index (Phi) is 3.14. The van der Waals surface area contributed by atoms with Gasteiger partial charge in [0.05, 0.1) is 11.2 Å². The summed E-state index contributed by atoms with van der Waals surface area (Å²) in [4.78, 5) is 8.89. The first-order chi connectivity index (χ1) is 9.13. The smallest absolute Gasteiger partial charge is 0.270 e. The Balaban J connectivity index is 2.03. The molecular weight excluding hydrogens is 307 g/mol. The zero-order valence-corrected chi connectivity index (χ0v) is 11.6. The first-order valence-electron chi connectivity index (χ1n) is 5.14. The molecule has 1 aromatic carbocycles. The lowest BCUT2D eigenvalue weighted by Crippen LogP contribution is -1.82. The van der Waals surface area contributed by atoms with Crippen LogP contribution < -0.4 is 5.73 Å². The summed E-state index contributed by atoms with van der Waals surface area (Å²) in [7, 11) is 0. The maximum atomic E-state index is 6.08. The third kappa shape index (κ3) is 2.42. The largest absolute Gasteiger partial charge is 0.375 e. The number of halogens is 2. The molecule has 2 aromatic heterocycles. The number of rotatable bonds is 2. The van der Waals surface area contributed by atoms with Crippen LogP contribution >= 0.6 is 34.5 Å². The molecule has 3 aromatic rings. The second-order valence-electron chi connectivity index (χ2n) is 3.61. The van der Waals surface area contributed by atoms with Crippen molar-refractivity contribution < 1.29 is 4.52 Å². The number of nitrogens with two attached hydrogens (primary N) is 1. The molecule has 0 saturated carbocycles. The minimum atomic E-state index is 0.347. The maximum Gasteiger partial charge on any atom is 0.270 e. The standard InChI is InChI=1S/C11H6Cl2N4OS/c12-5-1-2-7(13)6(3-5)9-16-10(18-17-9)8-4-15-11(14)19-8/h1-4H,(H2,14,15). The summed E-state index contributed by atoms with van der Waals surface area (Å²) >= 11 is 13.3. The van der Waals surface area contributed by atoms with Crippen LogP contribution in [-0.4, -0.2) is 15.1 Å². The molecule has 0 unspecified atom stereocenters. The predicted molar refractivity (Wildman–Crippen MR) is 75.3 cm³/mol. The van der Waals surface area contributed by atoms with Gasteiger partial charge in [-0.3, -0.25) is 0 Å². The van der Waals surface area contributed by atoms with Crippen molar-refractivity contribution in [2.45, 2.75) is 0 Å². The van der Waals surface area contributed by atoms with Crippen molar-refractivity contribution in [3.63, 3.8) is 0 Å². The molecule has 0 aliphatic carbocycles. The number of benzene rings is 1. The summed E-state index contributed by atoms with van der Waals surface area (Å²) in [6, 6.07) is 5.05. The van der Waals surface area contributed by atoms with Crippen LogP contribution in [0.3, 0.4) is 0 Å². The van der Waals surface area contributed by atoms with E-state index >= 15 is 0 Å². The van der Waals surface area contributed by atoms with Crippen molar-refractivity contribution in [1.29, 1.82) is 0 Å². The second kappa shape index (κ2) is 4.80. The molecule has 0 bridgehead atoms. The van der Waals surface area contributed by atoms with Crippen molar-refractivity contribution in [2.75, 3.05) is 5.73 Å². The quantitative estimate of drug-likeness (QED) is 0.779. The molecule has 0 saturated heterocycles. The second-order valence-corrected chi connectivity index (χ2v) is 5.52. The van der Waals surface area contributed by atoms with E-state index in [2.05, 4.69) is 15.1 Å². The van der Waals surface area contributed by atoms with E-state index in [1.165, 1.54) is 11.3 Å². The SMILES string of the molecule is Nc1ncc(-c2nc(-c3cc(Cl)ccc3Cl)no2)s1. The predicted octanol–water partition coefficient (Wildman–Crippen LogP) is 3.75. The summed E-state index contributed by atoms with van der Waals surface area (Å²) in [5, 5.41) is 5.37. The molecule has 0 amide bonds. The lowest BCUT2D eigenvalue weighted by atomic mass is 10.2. The number of hydrogen-bond acceptors (Lipinski definition) is 6. The Bertz CT molecular complexity index is 740. The van der Waals surface area contributed by atoms with E-state index < -0.39 is 0 Å². The highest BCUT2D eigenvalue weighted by molar-refractivity contribution is 7.18. The molecule has 2 N–H and O–H groups in total. The van der Waals surface area contributed by atoms with Gasteiger partial charge in [-0.15, -0.1) is 0 Å². The zero-order chi connectivity index (χ0) is 13.4. The van der Waals surface area contributed by atoms with Gasteiger partial charge in [-0.2, -0.15) is 4.98 Å². The Hall–Kier alpha value is -1.63. The van der Waals surface area contributed by atoms with Crippen LogP contribution in [0.2, 0.25) is 10.0 Å². The van der Waals surface area contributed by atoms with Crippen LogP contribution in [0.1, 0.15) is 0 Å². The average Bonchev–Trinajstić information content (AvgIpc) is 3.00. The van der Waals surface area contributed by atoms with Gasteiger partial charge in [-0.1, -0.05) is 39.7 Å². The van der Waals surface area contributed by atoms with Crippen LogP contribution in [0.15, 0.2) is 28.9 Å². The lowest BCUT2D eigenvalue weighted by molar-refractivity contribution is 0.433. The summed E-state index contributed by atoms with van der Waals surface area (Å²) < 4.78 is 5.17. The van der Waals surface area contributed by atoms with Gasteiger partial charge in [0.25, 0.3) is 5.89 Å². The molecule has 96 valence electrons. The minimum absolute atomic E-state index is 0.347. The molecule has 2 heterocycles. The molecule has 8 heteroatoms. The highest BCUT2D eigenvalue weighted by atomic mass is 35.5. The normalized spacial score (nSPS) is 10.8. The third-order valence-corrected chi connectivity index (χ3v) is 3.71. The van der Waals surface area contributed by atoms with Gasteiger partial charge in [0.1, 0.15) is 4.88 Å². The molecular formula is C11H6Cl2N4OS. The van der Waals surface area contributed by atoms with Gasteiger partial charge in [0, 0.05) is 10.6 Å². The maximum absolute atomic E-state index is 6.08. The molecule has 0 radical (unpaired) electrons. The Morgan fingerprint density at radius 3 is 2.84 bits per heavy atom. The van der Waals surface area contributed by atoms with E-state index in [-0.39, 0.29) is 0 Å². The molecule has 0 spiro atoms. The summed E-state index contributed by atoms with van der Waals surface area (Å²) in [6.07, 6.45) is 1.58. The number of hydrogen-bond donors (Lipinski definition) is 1. The van der Waals surface area contributed by atoms with Crippen LogP contribution in [-0.2, 0) is 0 Å². The number of anilines is 1. The number of thiazole rings is 1. The van der Waals surface area contributed by atoms with Gasteiger partial charge < -0.3 is 10.3 Å². The van der Waals surface area contributed by atoms with E-state index in [4.69, 9.17) is 33.5 Å². The molecule has 3 rings (SSSR count). The van der Waals surface area contributed by atoms with Gasteiger partial charge in [-0.25, -0.2) is 4.98 Å². The van der Waals surface area contributed by atoms with E-state index in [0.29, 0.717) is 37.3 Å². The van der Waals surface area contributed by atoms with Crippen LogP contribution in [0.25, 0.3) is 22.2 Å². The van der Waals surface area contributed by atoms with Gasteiger partial charge in [-0.05, 0) is 18.2 Å². The number of nitrogens with zero attached hydrogens (tertiary/aromatic N) is 3. The zero-order valence-electron chi connectivity index (χ0n) is 9.30. The molecule has 0 aliphatic heterocycles. The van der Waals surface area contributed by atoms with E-state index in [1.54, 1.807) is 24.4 Å². The van der Waals surface area contributed by atoms with Crippen LogP contribution in [0, 0.1) is 0 Å². The summed E-state index contributed by atoms with van der Waals surface area (Å²) in [5.41, 5.74) is 6.17. The fourth-order valence-electron chi connectivity index (χ4n) is 1.49. The summed E-state index contributed by atoms with van der Waals surface area (Å²) in [6.45, 7) is 0. The first-order valence-corrected chi connectivity index (χ1v) is 6.71. The topological polar surface area (TPSA) is 77.8 Å². The molecule has 0 aliphatic rings. The average molecular weight is 313 g/mol. The molecule has 0 fully saturated rings. The highest BCUT2D eigenvalue weighted by Crippen LogP contribution is 2.31. The van der Waals surface area contributed by atoms with Gasteiger partial charge >= 0.3 is 0 Å².